The number of nitrogens with zero attached hydrogens (tertiary/aromatic N) is 1. The number of hydrogen-bond acceptors (Lipinski definition) is 3. The summed E-state index contributed by atoms with van der Waals surface area (Å²) in [5.74, 6) is -2.04. The highest BCUT2D eigenvalue weighted by Crippen LogP contribution is 2.29. The molecule has 1 N–H and O–H groups in total. The van der Waals surface area contributed by atoms with Crippen molar-refractivity contribution in [3.05, 3.63) is 52.3 Å². The fourth-order valence-corrected chi connectivity index (χ4v) is 2.00. The zero-order valence-corrected chi connectivity index (χ0v) is 12.2. The van der Waals surface area contributed by atoms with Gasteiger partial charge < -0.3 is 9.84 Å². The van der Waals surface area contributed by atoms with Crippen molar-refractivity contribution >= 4 is 15.9 Å². The van der Waals surface area contributed by atoms with Gasteiger partial charge in [-0.15, -0.1) is 0 Å². The predicted molar refractivity (Wildman–Crippen MR) is 73.6 cm³/mol. The first kappa shape index (κ1) is 14.9. The fourth-order valence-electron chi connectivity index (χ4n) is 1.59. The number of rotatable bonds is 4. The number of aliphatic hydroxyl groups is 1. The molecule has 106 valence electrons. The third kappa shape index (κ3) is 3.32. The Morgan fingerprint density at radius 1 is 1.35 bits per heavy atom. The van der Waals surface area contributed by atoms with E-state index in [1.165, 1.54) is 12.3 Å². The quantitative estimate of drug-likeness (QED) is 0.838. The number of ether oxygens (including phenoxy) is 1. The number of aliphatic hydroxyl groups excluding tert-OH is 1. The van der Waals surface area contributed by atoms with E-state index in [0.717, 1.165) is 6.07 Å². The van der Waals surface area contributed by atoms with Crippen LogP contribution in [-0.4, -0.2) is 10.1 Å². The van der Waals surface area contributed by atoms with E-state index in [9.17, 15) is 13.9 Å². The molecule has 0 saturated carbocycles. The van der Waals surface area contributed by atoms with Crippen LogP contribution in [0.2, 0.25) is 0 Å². The van der Waals surface area contributed by atoms with Crippen LogP contribution in [0.15, 0.2) is 34.9 Å². The maximum Gasteiger partial charge on any atom is 0.201 e. The van der Waals surface area contributed by atoms with Crippen LogP contribution in [0.1, 0.15) is 25.1 Å². The summed E-state index contributed by atoms with van der Waals surface area (Å²) in [7, 11) is 0. The molecule has 0 spiro atoms. The van der Waals surface area contributed by atoms with Crippen molar-refractivity contribution < 1.29 is 18.6 Å². The lowest BCUT2D eigenvalue weighted by molar-refractivity contribution is 0.169. The van der Waals surface area contributed by atoms with Crippen LogP contribution >= 0.6 is 15.9 Å². The Kier molecular flexibility index (Phi) is 4.67. The Morgan fingerprint density at radius 3 is 2.70 bits per heavy atom. The van der Waals surface area contributed by atoms with E-state index >= 15 is 0 Å². The number of benzene rings is 1. The van der Waals surface area contributed by atoms with Crippen molar-refractivity contribution in [2.45, 2.75) is 19.4 Å². The molecule has 1 heterocycles. The Hall–Kier alpha value is -1.53. The lowest BCUT2D eigenvalue weighted by Gasteiger charge is -2.10. The van der Waals surface area contributed by atoms with Crippen LogP contribution in [0.4, 0.5) is 8.78 Å². The normalized spacial score (nSPS) is 12.2. The zero-order chi connectivity index (χ0) is 14.7. The molecule has 0 fully saturated rings. The molecule has 0 bridgehead atoms. The van der Waals surface area contributed by atoms with E-state index in [-0.39, 0.29) is 11.5 Å². The van der Waals surface area contributed by atoms with Crippen LogP contribution < -0.4 is 4.74 Å². The van der Waals surface area contributed by atoms with Gasteiger partial charge in [0.15, 0.2) is 11.6 Å². The average Bonchev–Trinajstić information content (AvgIpc) is 2.44. The highest BCUT2D eigenvalue weighted by Gasteiger charge is 2.13. The molecule has 6 heteroatoms. The van der Waals surface area contributed by atoms with Gasteiger partial charge >= 0.3 is 0 Å². The van der Waals surface area contributed by atoms with Gasteiger partial charge in [-0.2, -0.15) is 4.39 Å². The molecule has 20 heavy (non-hydrogen) atoms. The van der Waals surface area contributed by atoms with Gasteiger partial charge in [0.25, 0.3) is 0 Å². The molecule has 0 amide bonds. The molecular formula is C14H12BrF2NO2. The third-order valence-corrected chi connectivity index (χ3v) is 3.13. The molecule has 0 aliphatic heterocycles. The monoisotopic (exact) mass is 343 g/mol. The molecule has 0 aliphatic carbocycles. The van der Waals surface area contributed by atoms with Crippen LogP contribution in [0.25, 0.3) is 0 Å². The third-order valence-electron chi connectivity index (χ3n) is 2.67. The van der Waals surface area contributed by atoms with Gasteiger partial charge in [0.2, 0.25) is 5.82 Å². The van der Waals surface area contributed by atoms with Gasteiger partial charge in [0.05, 0.1) is 18.0 Å². The lowest BCUT2D eigenvalue weighted by atomic mass is 10.2. The van der Waals surface area contributed by atoms with Crippen molar-refractivity contribution in [1.29, 1.82) is 0 Å². The number of aromatic nitrogens is 1. The minimum atomic E-state index is -1.06. The van der Waals surface area contributed by atoms with E-state index < -0.39 is 17.7 Å². The second-order valence-corrected chi connectivity index (χ2v) is 5.06. The summed E-state index contributed by atoms with van der Waals surface area (Å²) in [6.45, 7) is 1.83. The standard InChI is InChI=1S/C14H12BrF2NO2/c1-2-12(19)11-4-3-9(7-18-11)20-13-6-8(15)5-10(16)14(13)17/h3-7,12,19H,2H2,1H3. The smallest absolute Gasteiger partial charge is 0.201 e. The van der Waals surface area contributed by atoms with Crippen LogP contribution in [0.3, 0.4) is 0 Å². The molecule has 1 aromatic heterocycles. The minimum absolute atomic E-state index is 0.234. The van der Waals surface area contributed by atoms with Crippen molar-refractivity contribution in [2.24, 2.45) is 0 Å². The minimum Gasteiger partial charge on any atom is -0.453 e. The van der Waals surface area contributed by atoms with E-state index in [1.807, 2.05) is 6.92 Å². The molecule has 2 rings (SSSR count). The first-order valence-electron chi connectivity index (χ1n) is 5.97. The van der Waals surface area contributed by atoms with Gasteiger partial charge in [-0.05, 0) is 30.7 Å². The molecule has 3 nitrogen and oxygen atoms in total. The molecule has 2 aromatic rings. The average molecular weight is 344 g/mol. The maximum absolute atomic E-state index is 13.5. The number of hydrogen-bond donors (Lipinski definition) is 1. The topological polar surface area (TPSA) is 42.4 Å². The van der Waals surface area contributed by atoms with Crippen LogP contribution in [-0.2, 0) is 0 Å². The van der Waals surface area contributed by atoms with E-state index in [4.69, 9.17) is 4.74 Å². The highest BCUT2D eigenvalue weighted by molar-refractivity contribution is 9.10. The first-order valence-corrected chi connectivity index (χ1v) is 6.77. The molecule has 0 radical (unpaired) electrons. The molecule has 0 aliphatic rings. The zero-order valence-electron chi connectivity index (χ0n) is 10.6. The fraction of sp³-hybridized carbons (Fsp3) is 0.214. The Balaban J connectivity index is 2.22. The predicted octanol–water partition coefficient (Wildman–Crippen LogP) is 4.36. The molecule has 1 aromatic carbocycles. The first-order chi connectivity index (χ1) is 9.51. The van der Waals surface area contributed by atoms with Gasteiger partial charge in [-0.3, -0.25) is 4.98 Å². The summed E-state index contributed by atoms with van der Waals surface area (Å²) >= 11 is 3.07. The summed E-state index contributed by atoms with van der Waals surface area (Å²) in [5.41, 5.74) is 0.501. The van der Waals surface area contributed by atoms with Gasteiger partial charge in [0.1, 0.15) is 5.75 Å². The second kappa shape index (κ2) is 6.28. The highest BCUT2D eigenvalue weighted by atomic mass is 79.9. The number of pyridine rings is 1. The van der Waals surface area contributed by atoms with Crippen LogP contribution in [0, 0.1) is 11.6 Å². The van der Waals surface area contributed by atoms with Gasteiger partial charge in [-0.25, -0.2) is 4.39 Å². The molecule has 1 unspecified atom stereocenters. The van der Waals surface area contributed by atoms with Gasteiger partial charge in [0, 0.05) is 4.47 Å². The lowest BCUT2D eigenvalue weighted by Crippen LogP contribution is -1.99. The van der Waals surface area contributed by atoms with Crippen LogP contribution in [0.5, 0.6) is 11.5 Å². The van der Waals surface area contributed by atoms with E-state index in [2.05, 4.69) is 20.9 Å². The largest absolute Gasteiger partial charge is 0.453 e. The summed E-state index contributed by atoms with van der Waals surface area (Å²) in [5, 5.41) is 9.61. The number of halogens is 3. The van der Waals surface area contributed by atoms with Crippen molar-refractivity contribution in [1.82, 2.24) is 4.98 Å². The van der Waals surface area contributed by atoms with Gasteiger partial charge in [-0.1, -0.05) is 22.9 Å². The second-order valence-electron chi connectivity index (χ2n) is 4.14. The SMILES string of the molecule is CCC(O)c1ccc(Oc2cc(Br)cc(F)c2F)cn1. The van der Waals surface area contributed by atoms with Crippen molar-refractivity contribution in [3.63, 3.8) is 0 Å². The maximum atomic E-state index is 13.5. The van der Waals surface area contributed by atoms with Crippen molar-refractivity contribution in [3.8, 4) is 11.5 Å². The van der Waals surface area contributed by atoms with Crippen molar-refractivity contribution in [2.75, 3.05) is 0 Å². The molecule has 1 atom stereocenters. The summed E-state index contributed by atoms with van der Waals surface area (Å²) in [6, 6.07) is 5.46. The summed E-state index contributed by atoms with van der Waals surface area (Å²) < 4.78 is 32.4. The summed E-state index contributed by atoms with van der Waals surface area (Å²) in [4.78, 5) is 4.02. The molecular weight excluding hydrogens is 332 g/mol. The Morgan fingerprint density at radius 2 is 2.10 bits per heavy atom. The Labute approximate surface area is 123 Å². The van der Waals surface area contributed by atoms with E-state index in [0.29, 0.717) is 16.6 Å². The summed E-state index contributed by atoms with van der Waals surface area (Å²) in [6.07, 6.45) is 1.25. The Bertz CT molecular complexity index is 605. The van der Waals surface area contributed by atoms with E-state index in [1.54, 1.807) is 12.1 Å². The molecule has 0 saturated heterocycles.